The van der Waals surface area contributed by atoms with Crippen LogP contribution in [0.2, 0.25) is 0 Å². The fraction of sp³-hybridized carbons (Fsp3) is 0.350. The van der Waals surface area contributed by atoms with Crippen LogP contribution in [0.4, 0.5) is 5.69 Å². The zero-order valence-electron chi connectivity index (χ0n) is 16.3. The number of nitrogens with one attached hydrogen (secondary N) is 1. The minimum atomic E-state index is -3.81. The molecule has 7 heteroatoms. The molecule has 0 aliphatic heterocycles. The van der Waals surface area contributed by atoms with Crippen LogP contribution in [0.3, 0.4) is 0 Å². The molecule has 0 aliphatic rings. The van der Waals surface area contributed by atoms with Crippen LogP contribution in [0.5, 0.6) is 0 Å². The van der Waals surface area contributed by atoms with Gasteiger partial charge in [0.2, 0.25) is 15.9 Å². The second-order valence-electron chi connectivity index (χ2n) is 7.59. The van der Waals surface area contributed by atoms with Crippen molar-refractivity contribution < 1.29 is 13.2 Å². The Balaban J connectivity index is 2.12. The molecular formula is C20H26N2O3S2. The lowest BCUT2D eigenvalue weighted by atomic mass is 9.87. The highest BCUT2D eigenvalue weighted by Crippen LogP contribution is 2.30. The number of sulfonamides is 1. The quantitative estimate of drug-likeness (QED) is 0.735. The molecule has 0 saturated heterocycles. The number of hydrogen-bond acceptors (Lipinski definition) is 4. The predicted octanol–water partition coefficient (Wildman–Crippen LogP) is 3.98. The average molecular weight is 407 g/mol. The van der Waals surface area contributed by atoms with E-state index in [-0.39, 0.29) is 22.0 Å². The summed E-state index contributed by atoms with van der Waals surface area (Å²) in [6, 6.07) is 10.7. The fourth-order valence-electron chi connectivity index (χ4n) is 2.46. The normalized spacial score (nSPS) is 12.1. The highest BCUT2D eigenvalue weighted by Gasteiger charge is 2.16. The smallest absolute Gasteiger partial charge is 0.238 e. The number of primary sulfonamides is 1. The summed E-state index contributed by atoms with van der Waals surface area (Å²) in [5.74, 6) is 0.0308. The van der Waals surface area contributed by atoms with E-state index in [4.69, 9.17) is 5.14 Å². The van der Waals surface area contributed by atoms with Gasteiger partial charge in [0.25, 0.3) is 0 Å². The van der Waals surface area contributed by atoms with Gasteiger partial charge < -0.3 is 5.32 Å². The second kappa shape index (κ2) is 8.04. The van der Waals surface area contributed by atoms with Gasteiger partial charge in [0.1, 0.15) is 0 Å². The van der Waals surface area contributed by atoms with Gasteiger partial charge in [-0.15, -0.1) is 11.8 Å². The molecule has 0 heterocycles. The zero-order chi connectivity index (χ0) is 20.4. The third-order valence-electron chi connectivity index (χ3n) is 4.22. The number of benzene rings is 2. The Kier molecular flexibility index (Phi) is 6.39. The van der Waals surface area contributed by atoms with E-state index in [2.05, 4.69) is 44.3 Å². The standard InChI is InChI=1S/C20H26N2O3S2/c1-13-7-9-16(27(21,24)25)11-17(13)22-19(23)12-26-18-10-15(20(3,4)5)8-6-14(18)2/h6-11H,12H2,1-5H3,(H,22,23)(H2,21,24,25). The third-order valence-corrected chi connectivity index (χ3v) is 6.29. The van der Waals surface area contributed by atoms with E-state index < -0.39 is 10.0 Å². The topological polar surface area (TPSA) is 89.3 Å². The summed E-state index contributed by atoms with van der Waals surface area (Å²) in [6.07, 6.45) is 0. The van der Waals surface area contributed by atoms with Crippen LogP contribution in [0.25, 0.3) is 0 Å². The lowest BCUT2D eigenvalue weighted by Gasteiger charge is -2.20. The van der Waals surface area contributed by atoms with Crippen molar-refractivity contribution >= 4 is 33.4 Å². The highest BCUT2D eigenvalue weighted by atomic mass is 32.2. The maximum absolute atomic E-state index is 12.4. The van der Waals surface area contributed by atoms with Crippen LogP contribution >= 0.6 is 11.8 Å². The van der Waals surface area contributed by atoms with Crippen LogP contribution in [-0.2, 0) is 20.2 Å². The van der Waals surface area contributed by atoms with Crippen molar-refractivity contribution in [2.75, 3.05) is 11.1 Å². The second-order valence-corrected chi connectivity index (χ2v) is 10.2. The van der Waals surface area contributed by atoms with Crippen molar-refractivity contribution in [3.05, 3.63) is 53.1 Å². The van der Waals surface area contributed by atoms with Crippen LogP contribution in [0, 0.1) is 13.8 Å². The first kappa shape index (κ1) is 21.5. The number of hydrogen-bond donors (Lipinski definition) is 2. The van der Waals surface area contributed by atoms with E-state index in [1.165, 1.54) is 29.5 Å². The number of anilines is 1. The van der Waals surface area contributed by atoms with Gasteiger partial charge in [0.05, 0.1) is 10.6 Å². The van der Waals surface area contributed by atoms with E-state index in [0.717, 1.165) is 16.0 Å². The van der Waals surface area contributed by atoms with Crippen LogP contribution in [-0.4, -0.2) is 20.1 Å². The molecule has 5 nitrogen and oxygen atoms in total. The van der Waals surface area contributed by atoms with Gasteiger partial charge in [0, 0.05) is 10.6 Å². The largest absolute Gasteiger partial charge is 0.325 e. The van der Waals surface area contributed by atoms with Crippen molar-refractivity contribution in [2.45, 2.75) is 49.8 Å². The SMILES string of the molecule is Cc1ccc(S(N)(=O)=O)cc1NC(=O)CSc1cc(C(C)(C)C)ccc1C. The van der Waals surface area contributed by atoms with Crippen molar-refractivity contribution in [3.8, 4) is 0 Å². The molecule has 0 aromatic heterocycles. The van der Waals surface area contributed by atoms with Gasteiger partial charge in [-0.2, -0.15) is 0 Å². The summed E-state index contributed by atoms with van der Waals surface area (Å²) >= 11 is 1.47. The van der Waals surface area contributed by atoms with Crippen molar-refractivity contribution in [3.63, 3.8) is 0 Å². The lowest BCUT2D eigenvalue weighted by molar-refractivity contribution is -0.113. The number of thioether (sulfide) groups is 1. The highest BCUT2D eigenvalue weighted by molar-refractivity contribution is 8.00. The Labute approximate surface area is 165 Å². The molecule has 2 aromatic rings. The number of aryl methyl sites for hydroxylation is 2. The van der Waals surface area contributed by atoms with Gasteiger partial charge in [0.15, 0.2) is 0 Å². The molecule has 0 spiro atoms. The first-order chi connectivity index (χ1) is 12.4. The summed E-state index contributed by atoms with van der Waals surface area (Å²) < 4.78 is 23.0. The molecule has 27 heavy (non-hydrogen) atoms. The summed E-state index contributed by atoms with van der Waals surface area (Å²) in [7, 11) is -3.81. The first-order valence-corrected chi connectivity index (χ1v) is 11.1. The first-order valence-electron chi connectivity index (χ1n) is 8.55. The molecule has 0 atom stereocenters. The molecule has 0 fully saturated rings. The maximum Gasteiger partial charge on any atom is 0.238 e. The Morgan fingerprint density at radius 2 is 1.70 bits per heavy atom. The van der Waals surface area contributed by atoms with Gasteiger partial charge in [-0.25, -0.2) is 13.6 Å². The Bertz CT molecular complexity index is 962. The van der Waals surface area contributed by atoms with E-state index in [0.29, 0.717) is 5.69 Å². The van der Waals surface area contributed by atoms with Crippen LogP contribution in [0.1, 0.15) is 37.5 Å². The monoisotopic (exact) mass is 406 g/mol. The minimum absolute atomic E-state index is 0.0234. The molecule has 0 radical (unpaired) electrons. The van der Waals surface area contributed by atoms with E-state index >= 15 is 0 Å². The molecule has 0 aliphatic carbocycles. The van der Waals surface area contributed by atoms with E-state index in [1.54, 1.807) is 13.0 Å². The molecule has 3 N–H and O–H groups in total. The number of rotatable bonds is 5. The van der Waals surface area contributed by atoms with E-state index in [1.807, 2.05) is 6.92 Å². The number of nitrogens with two attached hydrogens (primary N) is 1. The molecule has 0 saturated carbocycles. The summed E-state index contributed by atoms with van der Waals surface area (Å²) in [5, 5.41) is 7.94. The summed E-state index contributed by atoms with van der Waals surface area (Å²) in [5.41, 5.74) is 3.59. The van der Waals surface area contributed by atoms with Gasteiger partial charge in [-0.3, -0.25) is 4.79 Å². The summed E-state index contributed by atoms with van der Waals surface area (Å²) in [4.78, 5) is 13.4. The number of carbonyl (C=O) groups excluding carboxylic acids is 1. The van der Waals surface area contributed by atoms with Crippen LogP contribution < -0.4 is 10.5 Å². The molecule has 2 rings (SSSR count). The summed E-state index contributed by atoms with van der Waals surface area (Å²) in [6.45, 7) is 10.3. The molecule has 0 unspecified atom stereocenters. The van der Waals surface area contributed by atoms with Crippen molar-refractivity contribution in [1.82, 2.24) is 0 Å². The lowest BCUT2D eigenvalue weighted by Crippen LogP contribution is -2.17. The molecule has 1 amide bonds. The minimum Gasteiger partial charge on any atom is -0.325 e. The third kappa shape index (κ3) is 5.82. The maximum atomic E-state index is 12.4. The molecule has 0 bridgehead atoms. The fourth-order valence-corrected chi connectivity index (χ4v) is 3.87. The molecular weight excluding hydrogens is 380 g/mol. The Morgan fingerprint density at radius 1 is 1.07 bits per heavy atom. The van der Waals surface area contributed by atoms with Crippen molar-refractivity contribution in [1.29, 1.82) is 0 Å². The average Bonchev–Trinajstić information content (AvgIpc) is 2.54. The Hall–Kier alpha value is -1.83. The Morgan fingerprint density at radius 3 is 2.30 bits per heavy atom. The zero-order valence-corrected chi connectivity index (χ0v) is 17.9. The van der Waals surface area contributed by atoms with Gasteiger partial charge >= 0.3 is 0 Å². The van der Waals surface area contributed by atoms with E-state index in [9.17, 15) is 13.2 Å². The van der Waals surface area contributed by atoms with Crippen LogP contribution in [0.15, 0.2) is 46.2 Å². The molecule has 146 valence electrons. The molecule has 2 aromatic carbocycles. The van der Waals surface area contributed by atoms with Gasteiger partial charge in [-0.1, -0.05) is 39.0 Å². The number of carbonyl (C=O) groups is 1. The number of amides is 1. The van der Waals surface area contributed by atoms with Gasteiger partial charge in [-0.05, 0) is 54.2 Å². The predicted molar refractivity (Wildman–Crippen MR) is 112 cm³/mol. The van der Waals surface area contributed by atoms with Crippen molar-refractivity contribution in [2.24, 2.45) is 5.14 Å².